The molecule has 0 N–H and O–H groups in total. The summed E-state index contributed by atoms with van der Waals surface area (Å²) < 4.78 is 1.66. The zero-order valence-corrected chi connectivity index (χ0v) is 7.41. The fourth-order valence-electron chi connectivity index (χ4n) is 1.02. The van der Waals surface area contributed by atoms with E-state index in [-0.39, 0.29) is 6.04 Å². The Kier molecular flexibility index (Phi) is 4.57. The van der Waals surface area contributed by atoms with Gasteiger partial charge in [0.05, 0.1) is 0 Å². The highest BCUT2D eigenvalue weighted by atomic mass is 16.3. The molecule has 11 heavy (non-hydrogen) atoms. The van der Waals surface area contributed by atoms with Gasteiger partial charge in [-0.05, 0) is 6.42 Å². The summed E-state index contributed by atoms with van der Waals surface area (Å²) in [6.07, 6.45) is 1.72. The topological polar surface area (TPSA) is 40.2 Å². The molecule has 0 bridgehead atoms. The van der Waals surface area contributed by atoms with Crippen molar-refractivity contribution in [2.75, 3.05) is 20.6 Å². The normalized spacial score (nSPS) is 12.6. The average molecular weight is 160 g/mol. The average Bonchev–Trinajstić information content (AvgIpc) is 1.86. The number of hydrogen-bond donors (Lipinski definition) is 0. The molecule has 0 aromatic carbocycles. The quantitative estimate of drug-likeness (QED) is 0.562. The van der Waals surface area contributed by atoms with Gasteiger partial charge in [0.25, 0.3) is 12.6 Å². The molecule has 0 fully saturated rings. The third-order valence-corrected chi connectivity index (χ3v) is 1.60. The van der Waals surface area contributed by atoms with Gasteiger partial charge >= 0.3 is 0 Å². The zero-order valence-electron chi connectivity index (χ0n) is 7.41. The van der Waals surface area contributed by atoms with Crippen LogP contribution in [0.15, 0.2) is 0 Å². The van der Waals surface area contributed by atoms with E-state index in [1.807, 2.05) is 6.92 Å². The van der Waals surface area contributed by atoms with Crippen molar-refractivity contribution in [2.45, 2.75) is 25.8 Å². The second-order valence-electron chi connectivity index (χ2n) is 2.80. The first-order valence-electron chi connectivity index (χ1n) is 3.86. The lowest BCUT2D eigenvalue weighted by molar-refractivity contribution is -0.622. The fraction of sp³-hybridized carbons (Fsp3) is 1.00. The smallest absolute Gasteiger partial charge is 0.0651 e. The van der Waals surface area contributed by atoms with Crippen molar-refractivity contribution >= 4 is 0 Å². The van der Waals surface area contributed by atoms with Crippen molar-refractivity contribution in [3.05, 3.63) is 9.81 Å². The van der Waals surface area contributed by atoms with Crippen LogP contribution in [0.1, 0.15) is 19.8 Å². The molecule has 0 radical (unpaired) electrons. The molecule has 0 aliphatic heterocycles. The third-order valence-electron chi connectivity index (χ3n) is 1.60. The molecule has 64 valence electrons. The van der Waals surface area contributed by atoms with Crippen LogP contribution in [0.25, 0.3) is 0 Å². The van der Waals surface area contributed by atoms with Crippen molar-refractivity contribution in [1.29, 1.82) is 0 Å². The van der Waals surface area contributed by atoms with Crippen molar-refractivity contribution in [3.63, 3.8) is 0 Å². The molecule has 0 aromatic heterocycles. The molecule has 0 saturated carbocycles. The summed E-state index contributed by atoms with van der Waals surface area (Å²) in [5, 5.41) is 0. The Morgan fingerprint density at radius 1 is 1.27 bits per heavy atom. The highest BCUT2D eigenvalue weighted by molar-refractivity contribution is 4.50. The van der Waals surface area contributed by atoms with Gasteiger partial charge in [-0.25, -0.2) is 0 Å². The summed E-state index contributed by atoms with van der Waals surface area (Å²) in [6.45, 7) is 2.30. The Morgan fingerprint density at radius 2 is 1.82 bits per heavy atom. The van der Waals surface area contributed by atoms with E-state index in [2.05, 4.69) is 0 Å². The Bertz CT molecular complexity index is 157. The van der Waals surface area contributed by atoms with Gasteiger partial charge in [-0.1, -0.05) is 6.92 Å². The molecule has 0 spiro atoms. The van der Waals surface area contributed by atoms with Crippen LogP contribution in [-0.4, -0.2) is 36.2 Å². The van der Waals surface area contributed by atoms with Gasteiger partial charge < -0.3 is 0 Å². The number of likely N-dealkylation sites (N-methyl/N-ethyl adjacent to an activating group) is 2. The maximum absolute atomic E-state index is 10.8. The molecule has 1 atom stereocenters. The van der Waals surface area contributed by atoms with E-state index in [0.717, 1.165) is 22.4 Å². The zero-order chi connectivity index (χ0) is 8.85. The van der Waals surface area contributed by atoms with E-state index >= 15 is 0 Å². The molecule has 0 rings (SSSR count). The predicted molar refractivity (Wildman–Crippen MR) is 42.7 cm³/mol. The summed E-state index contributed by atoms with van der Waals surface area (Å²) >= 11 is 0. The van der Waals surface area contributed by atoms with Gasteiger partial charge in [0, 0.05) is 25.8 Å². The second kappa shape index (κ2) is 4.93. The van der Waals surface area contributed by atoms with E-state index in [9.17, 15) is 9.81 Å². The Morgan fingerprint density at radius 3 is 2.09 bits per heavy atom. The van der Waals surface area contributed by atoms with Gasteiger partial charge in [-0.3, -0.25) is 0 Å². The molecule has 0 aliphatic carbocycles. The molecule has 0 saturated heterocycles. The largest absolute Gasteiger partial charge is 0.262 e. The minimum absolute atomic E-state index is 0.150. The summed E-state index contributed by atoms with van der Waals surface area (Å²) in [7, 11) is 2.90. The molecule has 0 aromatic rings. The number of nitroso groups, excluding NO2 is 2. The predicted octanol–water partition coefficient (Wildman–Crippen LogP) is 0.973. The summed E-state index contributed by atoms with van der Waals surface area (Å²) in [5.74, 6) is 0. The van der Waals surface area contributed by atoms with Crippen LogP contribution in [-0.2, 0) is 0 Å². The standard InChI is InChI=1S/C7H16N2O2/c1-4-5-7(9(3)11)6-8(2)10/h7H,4-6H2,1-3H3/q+2. The lowest BCUT2D eigenvalue weighted by Crippen LogP contribution is -2.29. The summed E-state index contributed by atoms with van der Waals surface area (Å²) in [4.78, 5) is 21.4. The first-order chi connectivity index (χ1) is 5.07. The number of rotatable bonds is 5. The van der Waals surface area contributed by atoms with E-state index < -0.39 is 0 Å². The number of nitrogens with zero attached hydrogens (tertiary/aromatic N) is 2. The van der Waals surface area contributed by atoms with Gasteiger partial charge in [-0.15, -0.1) is 0 Å². The minimum atomic E-state index is -0.150. The first-order valence-corrected chi connectivity index (χ1v) is 3.86. The maximum atomic E-state index is 10.8. The van der Waals surface area contributed by atoms with Crippen LogP contribution in [0, 0.1) is 9.81 Å². The Labute approximate surface area is 66.7 Å². The molecule has 1 unspecified atom stereocenters. The van der Waals surface area contributed by atoms with Crippen LogP contribution < -0.4 is 0 Å². The van der Waals surface area contributed by atoms with E-state index in [0.29, 0.717) is 6.54 Å². The van der Waals surface area contributed by atoms with Gasteiger partial charge in [-0.2, -0.15) is 0 Å². The monoisotopic (exact) mass is 160 g/mol. The summed E-state index contributed by atoms with van der Waals surface area (Å²) in [6, 6.07) is -0.150. The molecule has 0 amide bonds. The lowest BCUT2D eigenvalue weighted by Gasteiger charge is -1.98. The van der Waals surface area contributed by atoms with Crippen LogP contribution in [0.5, 0.6) is 0 Å². The van der Waals surface area contributed by atoms with Gasteiger partial charge in [0.15, 0.2) is 14.1 Å². The van der Waals surface area contributed by atoms with Crippen molar-refractivity contribution < 1.29 is 9.52 Å². The van der Waals surface area contributed by atoms with E-state index in [1.54, 1.807) is 0 Å². The second-order valence-corrected chi connectivity index (χ2v) is 2.80. The van der Waals surface area contributed by atoms with Gasteiger partial charge in [0.2, 0.25) is 0 Å². The first kappa shape index (κ1) is 10.2. The lowest BCUT2D eigenvalue weighted by atomic mass is 10.2. The maximum Gasteiger partial charge on any atom is 0.262 e. The molecule has 0 heterocycles. The number of hydrogen-bond acceptors (Lipinski definition) is 2. The van der Waals surface area contributed by atoms with Crippen molar-refractivity contribution in [3.8, 4) is 0 Å². The molecular weight excluding hydrogens is 144 g/mol. The van der Waals surface area contributed by atoms with E-state index in [1.165, 1.54) is 14.1 Å². The Balaban J connectivity index is 3.89. The van der Waals surface area contributed by atoms with Crippen molar-refractivity contribution in [2.24, 2.45) is 0 Å². The van der Waals surface area contributed by atoms with Crippen LogP contribution in [0.4, 0.5) is 0 Å². The molecule has 0 aliphatic rings. The SMILES string of the molecule is CCCC(C[N+](C)=O)[N+](C)=O. The minimum Gasteiger partial charge on any atom is -0.0651 e. The van der Waals surface area contributed by atoms with Crippen molar-refractivity contribution in [1.82, 2.24) is 0 Å². The Hall–Kier alpha value is -0.800. The van der Waals surface area contributed by atoms with Crippen LogP contribution in [0.2, 0.25) is 0 Å². The van der Waals surface area contributed by atoms with Gasteiger partial charge in [0.1, 0.15) is 0 Å². The van der Waals surface area contributed by atoms with Crippen LogP contribution >= 0.6 is 0 Å². The molecule has 4 heteroatoms. The summed E-state index contributed by atoms with van der Waals surface area (Å²) in [5.41, 5.74) is 0. The third kappa shape index (κ3) is 4.58. The molecular formula is C7H16N2O2+2. The molecule has 4 nitrogen and oxygen atoms in total. The van der Waals surface area contributed by atoms with Crippen LogP contribution in [0.3, 0.4) is 0 Å². The highest BCUT2D eigenvalue weighted by Crippen LogP contribution is 1.99. The fourth-order valence-corrected chi connectivity index (χ4v) is 1.02. The highest BCUT2D eigenvalue weighted by Gasteiger charge is 2.25. The van der Waals surface area contributed by atoms with E-state index in [4.69, 9.17) is 0 Å².